The molecular weight excluding hydrogens is 195 g/mol. The minimum Gasteiger partial charge on any atom is -0.505 e. The average Bonchev–Trinajstić information content (AvgIpc) is 2.09. The van der Waals surface area contributed by atoms with Crippen LogP contribution in [0.1, 0.15) is 6.92 Å². The van der Waals surface area contributed by atoms with Gasteiger partial charge in [0.1, 0.15) is 0 Å². The summed E-state index contributed by atoms with van der Waals surface area (Å²) in [6.45, 7) is 1.47. The highest BCUT2D eigenvalue weighted by molar-refractivity contribution is 7.91. The van der Waals surface area contributed by atoms with Crippen molar-refractivity contribution in [3.63, 3.8) is 0 Å². The van der Waals surface area contributed by atoms with Gasteiger partial charge in [-0.05, 0) is 18.2 Å². The third kappa shape index (κ3) is 1.98. The van der Waals surface area contributed by atoms with Crippen molar-refractivity contribution in [3.8, 4) is 5.75 Å². The largest absolute Gasteiger partial charge is 0.505 e. The number of aromatic hydroxyl groups is 1. The lowest BCUT2D eigenvalue weighted by Gasteiger charge is -2.01. The number of benzene rings is 1. The minimum absolute atomic E-state index is 0.0861. The average molecular weight is 204 g/mol. The normalized spacial score (nSPS) is 11.5. The van der Waals surface area contributed by atoms with Gasteiger partial charge in [-0.1, -0.05) is 6.92 Å². The molecule has 13 heavy (non-hydrogen) atoms. The number of rotatable bonds is 2. The van der Waals surface area contributed by atoms with Crippen LogP contribution in [-0.2, 0) is 9.84 Å². The molecule has 0 saturated heterocycles. The summed E-state index contributed by atoms with van der Waals surface area (Å²) in [5.41, 5.74) is 0. The van der Waals surface area contributed by atoms with Crippen molar-refractivity contribution < 1.29 is 17.9 Å². The van der Waals surface area contributed by atoms with Crippen molar-refractivity contribution in [2.75, 3.05) is 5.75 Å². The maximum absolute atomic E-state index is 12.7. The Labute approximate surface area is 75.7 Å². The molecule has 0 atom stereocenters. The molecule has 0 radical (unpaired) electrons. The van der Waals surface area contributed by atoms with Gasteiger partial charge in [0.15, 0.2) is 21.4 Å². The molecule has 0 unspecified atom stereocenters. The Morgan fingerprint density at radius 3 is 2.54 bits per heavy atom. The van der Waals surface area contributed by atoms with Crippen molar-refractivity contribution >= 4 is 9.84 Å². The summed E-state index contributed by atoms with van der Waals surface area (Å²) in [4.78, 5) is -0.106. The first-order chi connectivity index (χ1) is 5.97. The molecule has 0 spiro atoms. The monoisotopic (exact) mass is 204 g/mol. The summed E-state index contributed by atoms with van der Waals surface area (Å²) < 4.78 is 35.2. The van der Waals surface area contributed by atoms with Gasteiger partial charge < -0.3 is 5.11 Å². The summed E-state index contributed by atoms with van der Waals surface area (Å²) in [6, 6.07) is 3.02. The first kappa shape index (κ1) is 9.98. The second kappa shape index (κ2) is 3.33. The molecule has 5 heteroatoms. The second-order valence-corrected chi connectivity index (χ2v) is 4.79. The third-order valence-electron chi connectivity index (χ3n) is 1.66. The molecule has 3 nitrogen and oxygen atoms in total. The topological polar surface area (TPSA) is 54.4 Å². The molecule has 0 heterocycles. The van der Waals surface area contributed by atoms with E-state index < -0.39 is 21.4 Å². The summed E-state index contributed by atoms with van der Waals surface area (Å²) in [5, 5.41) is 8.81. The number of phenols is 1. The first-order valence-electron chi connectivity index (χ1n) is 3.68. The Kier molecular flexibility index (Phi) is 2.56. The van der Waals surface area contributed by atoms with E-state index in [4.69, 9.17) is 5.11 Å². The molecular formula is C8H9FO3S. The van der Waals surface area contributed by atoms with E-state index in [-0.39, 0.29) is 10.6 Å². The van der Waals surface area contributed by atoms with Crippen molar-refractivity contribution in [1.29, 1.82) is 0 Å². The summed E-state index contributed by atoms with van der Waals surface area (Å²) in [6.07, 6.45) is 0. The van der Waals surface area contributed by atoms with Gasteiger partial charge in [-0.25, -0.2) is 12.8 Å². The van der Waals surface area contributed by atoms with Crippen LogP contribution in [0, 0.1) is 5.82 Å². The summed E-state index contributed by atoms with van der Waals surface area (Å²) in [5.74, 6) is -1.55. The number of sulfone groups is 1. The smallest absolute Gasteiger partial charge is 0.178 e. The van der Waals surface area contributed by atoms with E-state index in [9.17, 15) is 12.8 Å². The molecule has 72 valence electrons. The maximum Gasteiger partial charge on any atom is 0.178 e. The van der Waals surface area contributed by atoms with Gasteiger partial charge in [0, 0.05) is 0 Å². The van der Waals surface area contributed by atoms with E-state index in [0.29, 0.717) is 0 Å². The van der Waals surface area contributed by atoms with Gasteiger partial charge in [0.2, 0.25) is 0 Å². The van der Waals surface area contributed by atoms with Crippen molar-refractivity contribution in [2.24, 2.45) is 0 Å². The Bertz CT molecular complexity index is 411. The predicted octanol–water partition coefficient (Wildman–Crippen LogP) is 1.32. The Morgan fingerprint density at radius 2 is 2.08 bits per heavy atom. The molecule has 0 aliphatic rings. The molecule has 0 bridgehead atoms. The number of halogens is 1. The first-order valence-corrected chi connectivity index (χ1v) is 5.34. The SMILES string of the molecule is CCS(=O)(=O)c1ccc(O)c(F)c1. The third-order valence-corrected chi connectivity index (χ3v) is 3.39. The molecule has 1 rings (SSSR count). The summed E-state index contributed by atoms with van der Waals surface area (Å²) in [7, 11) is -3.39. The maximum atomic E-state index is 12.7. The van der Waals surface area contributed by atoms with Gasteiger partial charge in [-0.2, -0.15) is 0 Å². The van der Waals surface area contributed by atoms with Crippen LogP contribution in [0.3, 0.4) is 0 Å². The van der Waals surface area contributed by atoms with Crippen LogP contribution < -0.4 is 0 Å². The Balaban J connectivity index is 3.27. The van der Waals surface area contributed by atoms with Crippen LogP contribution in [0.15, 0.2) is 23.1 Å². The lowest BCUT2D eigenvalue weighted by atomic mass is 10.3. The molecule has 0 amide bonds. The Hall–Kier alpha value is -1.10. The molecule has 0 aliphatic carbocycles. The van der Waals surface area contributed by atoms with E-state index in [1.807, 2.05) is 0 Å². The van der Waals surface area contributed by atoms with E-state index in [2.05, 4.69) is 0 Å². The van der Waals surface area contributed by atoms with Gasteiger partial charge in [0.25, 0.3) is 0 Å². The van der Waals surface area contributed by atoms with Gasteiger partial charge in [-0.3, -0.25) is 0 Å². The van der Waals surface area contributed by atoms with Crippen molar-refractivity contribution in [1.82, 2.24) is 0 Å². The summed E-state index contributed by atoms with van der Waals surface area (Å²) >= 11 is 0. The van der Waals surface area contributed by atoms with Crippen LogP contribution >= 0.6 is 0 Å². The number of hydrogen-bond acceptors (Lipinski definition) is 3. The molecule has 1 N–H and O–H groups in total. The zero-order valence-corrected chi connectivity index (χ0v) is 7.81. The van der Waals surface area contributed by atoms with Gasteiger partial charge >= 0.3 is 0 Å². The number of phenolic OH excluding ortho intramolecular Hbond substituents is 1. The molecule has 0 fully saturated rings. The number of hydrogen-bond donors (Lipinski definition) is 1. The quantitative estimate of drug-likeness (QED) is 0.790. The predicted molar refractivity (Wildman–Crippen MR) is 45.8 cm³/mol. The molecule has 0 aromatic heterocycles. The second-order valence-electron chi connectivity index (χ2n) is 2.52. The van der Waals surface area contributed by atoms with Crippen LogP contribution in [0.25, 0.3) is 0 Å². The van der Waals surface area contributed by atoms with E-state index in [0.717, 1.165) is 12.1 Å². The molecule has 0 saturated carbocycles. The van der Waals surface area contributed by atoms with Crippen LogP contribution in [0.2, 0.25) is 0 Å². The highest BCUT2D eigenvalue weighted by Crippen LogP contribution is 2.19. The van der Waals surface area contributed by atoms with Gasteiger partial charge in [0.05, 0.1) is 10.6 Å². The van der Waals surface area contributed by atoms with E-state index in [1.54, 1.807) is 0 Å². The molecule has 0 aliphatic heterocycles. The fraction of sp³-hybridized carbons (Fsp3) is 0.250. The molecule has 1 aromatic rings. The highest BCUT2D eigenvalue weighted by atomic mass is 32.2. The van der Waals surface area contributed by atoms with Crippen molar-refractivity contribution in [3.05, 3.63) is 24.0 Å². The highest BCUT2D eigenvalue weighted by Gasteiger charge is 2.13. The molecule has 1 aromatic carbocycles. The van der Waals surface area contributed by atoms with Crippen LogP contribution in [-0.4, -0.2) is 19.3 Å². The van der Waals surface area contributed by atoms with Crippen LogP contribution in [0.4, 0.5) is 4.39 Å². The van der Waals surface area contributed by atoms with Gasteiger partial charge in [-0.15, -0.1) is 0 Å². The lowest BCUT2D eigenvalue weighted by Crippen LogP contribution is -2.03. The van der Waals surface area contributed by atoms with Crippen LogP contribution in [0.5, 0.6) is 5.75 Å². The zero-order chi connectivity index (χ0) is 10.1. The van der Waals surface area contributed by atoms with Crippen molar-refractivity contribution in [2.45, 2.75) is 11.8 Å². The van der Waals surface area contributed by atoms with E-state index >= 15 is 0 Å². The fourth-order valence-corrected chi connectivity index (χ4v) is 1.74. The standard InChI is InChI=1S/C8H9FO3S/c1-2-13(11,12)6-3-4-8(10)7(9)5-6/h3-5,10H,2H2,1H3. The zero-order valence-electron chi connectivity index (χ0n) is 6.99. The lowest BCUT2D eigenvalue weighted by molar-refractivity contribution is 0.431. The minimum atomic E-state index is -3.39. The fourth-order valence-electron chi connectivity index (χ4n) is 0.848. The van der Waals surface area contributed by atoms with E-state index in [1.165, 1.54) is 13.0 Å². The Morgan fingerprint density at radius 1 is 1.46 bits per heavy atom.